The van der Waals surface area contributed by atoms with Crippen LogP contribution in [0.5, 0.6) is 0 Å². The van der Waals surface area contributed by atoms with Crippen molar-refractivity contribution in [3.05, 3.63) is 52.0 Å². The van der Waals surface area contributed by atoms with Crippen molar-refractivity contribution in [2.75, 3.05) is 0 Å². The van der Waals surface area contributed by atoms with Gasteiger partial charge in [-0.3, -0.25) is 16.3 Å². The number of aryl methyl sites for hydroxylation is 1. The number of nitrogens with one attached hydrogen (secondary N) is 1. The molecule has 2 aromatic rings. The van der Waals surface area contributed by atoms with E-state index in [0.717, 1.165) is 17.7 Å². The Labute approximate surface area is 99.3 Å². The Bertz CT molecular complexity index is 422. The van der Waals surface area contributed by atoms with Gasteiger partial charge < -0.3 is 0 Å². The highest BCUT2D eigenvalue weighted by molar-refractivity contribution is 7.09. The molecule has 0 aliphatic carbocycles. The van der Waals surface area contributed by atoms with Gasteiger partial charge in [0.25, 0.3) is 0 Å². The van der Waals surface area contributed by atoms with E-state index in [0.29, 0.717) is 0 Å². The molecule has 84 valence electrons. The first kappa shape index (κ1) is 11.3. The first-order chi connectivity index (χ1) is 7.79. The molecule has 2 rings (SSSR count). The van der Waals surface area contributed by atoms with E-state index in [1.807, 2.05) is 19.2 Å². The number of rotatable bonds is 4. The molecule has 0 spiro atoms. The monoisotopic (exact) mass is 233 g/mol. The maximum absolute atomic E-state index is 5.59. The molecular formula is C12H15N3S. The van der Waals surface area contributed by atoms with Gasteiger partial charge >= 0.3 is 0 Å². The van der Waals surface area contributed by atoms with E-state index < -0.39 is 0 Å². The fourth-order valence-electron chi connectivity index (χ4n) is 1.59. The van der Waals surface area contributed by atoms with Crippen molar-refractivity contribution in [2.45, 2.75) is 19.4 Å². The Balaban J connectivity index is 2.13. The van der Waals surface area contributed by atoms with Crippen molar-refractivity contribution < 1.29 is 0 Å². The molecule has 16 heavy (non-hydrogen) atoms. The lowest BCUT2D eigenvalue weighted by atomic mass is 10.1. The number of hydrogen-bond donors (Lipinski definition) is 2. The van der Waals surface area contributed by atoms with Crippen LogP contribution in [0.25, 0.3) is 0 Å². The van der Waals surface area contributed by atoms with E-state index in [9.17, 15) is 0 Å². The molecule has 0 bridgehead atoms. The summed E-state index contributed by atoms with van der Waals surface area (Å²) in [5.41, 5.74) is 4.99. The topological polar surface area (TPSA) is 50.9 Å². The third kappa shape index (κ3) is 2.66. The van der Waals surface area contributed by atoms with Crippen molar-refractivity contribution in [1.29, 1.82) is 0 Å². The van der Waals surface area contributed by atoms with Gasteiger partial charge in [0, 0.05) is 23.2 Å². The largest absolute Gasteiger partial charge is 0.271 e. The second-order valence-electron chi connectivity index (χ2n) is 3.74. The minimum Gasteiger partial charge on any atom is -0.271 e. The molecule has 0 radical (unpaired) electrons. The van der Waals surface area contributed by atoms with Gasteiger partial charge in [0.1, 0.15) is 0 Å². The average Bonchev–Trinajstić information content (AvgIpc) is 2.80. The molecule has 0 fully saturated rings. The molecule has 0 aliphatic heterocycles. The van der Waals surface area contributed by atoms with E-state index >= 15 is 0 Å². The summed E-state index contributed by atoms with van der Waals surface area (Å²) in [5, 5.41) is 2.08. The smallest absolute Gasteiger partial charge is 0.0523 e. The van der Waals surface area contributed by atoms with Crippen LogP contribution in [0.15, 0.2) is 35.8 Å². The standard InChI is InChI=1S/C12H15N3S/c1-9-4-5-10(8-14-9)12(15-13)7-11-3-2-6-16-11/h2-6,8,12,15H,7,13H2,1H3. The maximum Gasteiger partial charge on any atom is 0.0523 e. The van der Waals surface area contributed by atoms with Gasteiger partial charge in [-0.05, 0) is 30.0 Å². The van der Waals surface area contributed by atoms with Gasteiger partial charge in [0.15, 0.2) is 0 Å². The summed E-state index contributed by atoms with van der Waals surface area (Å²) in [7, 11) is 0. The highest BCUT2D eigenvalue weighted by Crippen LogP contribution is 2.20. The molecule has 4 heteroatoms. The molecule has 0 saturated carbocycles. The lowest BCUT2D eigenvalue weighted by Crippen LogP contribution is -2.29. The van der Waals surface area contributed by atoms with Crippen LogP contribution in [0.2, 0.25) is 0 Å². The molecule has 0 aliphatic rings. The number of nitrogens with two attached hydrogens (primary N) is 1. The van der Waals surface area contributed by atoms with Crippen molar-refractivity contribution in [3.63, 3.8) is 0 Å². The molecular weight excluding hydrogens is 218 g/mol. The molecule has 2 aromatic heterocycles. The zero-order valence-electron chi connectivity index (χ0n) is 9.18. The third-order valence-electron chi connectivity index (χ3n) is 2.52. The Morgan fingerprint density at radius 2 is 2.31 bits per heavy atom. The first-order valence-corrected chi connectivity index (χ1v) is 6.08. The average molecular weight is 233 g/mol. The quantitative estimate of drug-likeness (QED) is 0.629. The van der Waals surface area contributed by atoms with E-state index in [-0.39, 0.29) is 6.04 Å². The van der Waals surface area contributed by atoms with Crippen LogP contribution < -0.4 is 11.3 Å². The Kier molecular flexibility index (Phi) is 3.66. The lowest BCUT2D eigenvalue weighted by molar-refractivity contribution is 0.553. The van der Waals surface area contributed by atoms with E-state index in [1.165, 1.54) is 4.88 Å². The molecule has 3 nitrogen and oxygen atoms in total. The molecule has 0 saturated heterocycles. The fourth-order valence-corrected chi connectivity index (χ4v) is 2.34. The van der Waals surface area contributed by atoms with E-state index in [2.05, 4.69) is 34.0 Å². The zero-order chi connectivity index (χ0) is 11.4. The molecule has 1 atom stereocenters. The zero-order valence-corrected chi connectivity index (χ0v) is 10.00. The number of hydrazine groups is 1. The lowest BCUT2D eigenvalue weighted by Gasteiger charge is -2.15. The van der Waals surface area contributed by atoms with Gasteiger partial charge in [0.05, 0.1) is 6.04 Å². The Morgan fingerprint density at radius 1 is 1.44 bits per heavy atom. The summed E-state index contributed by atoms with van der Waals surface area (Å²) >= 11 is 1.75. The molecule has 0 aromatic carbocycles. The molecule has 0 amide bonds. The highest BCUT2D eigenvalue weighted by atomic mass is 32.1. The number of aromatic nitrogens is 1. The minimum absolute atomic E-state index is 0.131. The van der Waals surface area contributed by atoms with Crippen LogP contribution in [0.1, 0.15) is 22.2 Å². The SMILES string of the molecule is Cc1ccc(C(Cc2cccs2)NN)cn1. The summed E-state index contributed by atoms with van der Waals surface area (Å²) in [6.07, 6.45) is 2.78. The Hall–Kier alpha value is -1.23. The molecule has 2 heterocycles. The number of hydrogen-bond acceptors (Lipinski definition) is 4. The van der Waals surface area contributed by atoms with Crippen LogP contribution in [-0.4, -0.2) is 4.98 Å². The second kappa shape index (κ2) is 5.21. The van der Waals surface area contributed by atoms with Crippen LogP contribution in [-0.2, 0) is 6.42 Å². The Morgan fingerprint density at radius 3 is 2.88 bits per heavy atom. The third-order valence-corrected chi connectivity index (χ3v) is 3.42. The summed E-state index contributed by atoms with van der Waals surface area (Å²) in [6, 6.07) is 8.39. The van der Waals surface area contributed by atoms with Crippen molar-refractivity contribution in [1.82, 2.24) is 10.4 Å². The van der Waals surface area contributed by atoms with Gasteiger partial charge in [0.2, 0.25) is 0 Å². The number of nitrogens with zero attached hydrogens (tertiary/aromatic N) is 1. The van der Waals surface area contributed by atoms with Crippen LogP contribution >= 0.6 is 11.3 Å². The van der Waals surface area contributed by atoms with Crippen LogP contribution in [0.4, 0.5) is 0 Å². The van der Waals surface area contributed by atoms with E-state index in [1.54, 1.807) is 11.3 Å². The molecule has 3 N–H and O–H groups in total. The summed E-state index contributed by atoms with van der Waals surface area (Å²) in [5.74, 6) is 5.59. The van der Waals surface area contributed by atoms with E-state index in [4.69, 9.17) is 5.84 Å². The summed E-state index contributed by atoms with van der Waals surface area (Å²) < 4.78 is 0. The van der Waals surface area contributed by atoms with Crippen molar-refractivity contribution in [2.24, 2.45) is 5.84 Å². The number of pyridine rings is 1. The van der Waals surface area contributed by atoms with Gasteiger partial charge in [-0.15, -0.1) is 11.3 Å². The minimum atomic E-state index is 0.131. The van der Waals surface area contributed by atoms with Gasteiger partial charge in [-0.1, -0.05) is 12.1 Å². The predicted octanol–water partition coefficient (Wildman–Crippen LogP) is 2.20. The fraction of sp³-hybridized carbons (Fsp3) is 0.250. The molecule has 1 unspecified atom stereocenters. The second-order valence-corrected chi connectivity index (χ2v) is 4.77. The summed E-state index contributed by atoms with van der Waals surface area (Å²) in [6.45, 7) is 1.98. The number of thiophene rings is 1. The van der Waals surface area contributed by atoms with Crippen molar-refractivity contribution >= 4 is 11.3 Å². The maximum atomic E-state index is 5.59. The van der Waals surface area contributed by atoms with Crippen molar-refractivity contribution in [3.8, 4) is 0 Å². The van der Waals surface area contributed by atoms with Crippen LogP contribution in [0, 0.1) is 6.92 Å². The summed E-state index contributed by atoms with van der Waals surface area (Å²) in [4.78, 5) is 5.61. The predicted molar refractivity (Wildman–Crippen MR) is 67.1 cm³/mol. The van der Waals surface area contributed by atoms with Gasteiger partial charge in [-0.2, -0.15) is 0 Å². The normalized spacial score (nSPS) is 12.6. The van der Waals surface area contributed by atoms with Gasteiger partial charge in [-0.25, -0.2) is 0 Å². The highest BCUT2D eigenvalue weighted by Gasteiger charge is 2.11. The first-order valence-electron chi connectivity index (χ1n) is 5.20. The van der Waals surface area contributed by atoms with Crippen LogP contribution in [0.3, 0.4) is 0 Å².